The molecule has 1 saturated carbocycles. The van der Waals surface area contributed by atoms with E-state index in [-0.39, 0.29) is 12.4 Å². The van der Waals surface area contributed by atoms with Crippen LogP contribution in [0.25, 0.3) is 0 Å². The van der Waals surface area contributed by atoms with E-state index in [4.69, 9.17) is 0 Å². The Labute approximate surface area is 121 Å². The lowest BCUT2D eigenvalue weighted by Gasteiger charge is -2.21. The van der Waals surface area contributed by atoms with Crippen molar-refractivity contribution in [2.45, 2.75) is 58.6 Å². The number of hydrogen-bond donors (Lipinski definition) is 3. The Morgan fingerprint density at radius 1 is 1.30 bits per heavy atom. The summed E-state index contributed by atoms with van der Waals surface area (Å²) in [7, 11) is 0. The van der Waals surface area contributed by atoms with Crippen LogP contribution in [0.5, 0.6) is 5.75 Å². The third kappa shape index (κ3) is 3.93. The second-order valence-electron chi connectivity index (χ2n) is 5.82. The number of aryl methyl sites for hydroxylation is 1. The monoisotopic (exact) mass is 278 g/mol. The maximum absolute atomic E-state index is 10.0. The van der Waals surface area contributed by atoms with Crippen molar-refractivity contribution in [2.24, 2.45) is 5.92 Å². The Balaban J connectivity index is 1.82. The predicted molar refractivity (Wildman–Crippen MR) is 79.5 cm³/mol. The molecule has 0 unspecified atom stereocenters. The van der Waals surface area contributed by atoms with Gasteiger partial charge in [0.25, 0.3) is 0 Å². The van der Waals surface area contributed by atoms with Crippen LogP contribution < -0.4 is 5.32 Å². The third-order valence-corrected chi connectivity index (χ3v) is 4.36. The molecule has 0 aromatic carbocycles. The van der Waals surface area contributed by atoms with E-state index in [0.29, 0.717) is 17.8 Å². The quantitative estimate of drug-likeness (QED) is 0.700. The Morgan fingerprint density at radius 2 is 2.05 bits per heavy atom. The van der Waals surface area contributed by atoms with Crippen LogP contribution in [0.1, 0.15) is 55.3 Å². The van der Waals surface area contributed by atoms with Gasteiger partial charge in [-0.1, -0.05) is 32.1 Å². The van der Waals surface area contributed by atoms with Crippen molar-refractivity contribution in [3.8, 4) is 5.75 Å². The Hall–Kier alpha value is -1.13. The zero-order valence-corrected chi connectivity index (χ0v) is 12.4. The van der Waals surface area contributed by atoms with Crippen LogP contribution in [0, 0.1) is 12.8 Å². The lowest BCUT2D eigenvalue weighted by molar-refractivity contribution is 0.278. The second kappa shape index (κ2) is 7.60. The molecule has 1 aliphatic carbocycles. The van der Waals surface area contributed by atoms with Crippen molar-refractivity contribution >= 4 is 0 Å². The summed E-state index contributed by atoms with van der Waals surface area (Å²) in [6.07, 6.45) is 9.74. The summed E-state index contributed by atoms with van der Waals surface area (Å²) in [5.41, 5.74) is 2.10. The van der Waals surface area contributed by atoms with Crippen molar-refractivity contribution in [3.05, 3.63) is 23.0 Å². The van der Waals surface area contributed by atoms with Gasteiger partial charge in [-0.05, 0) is 25.8 Å². The normalized spacial score (nSPS) is 16.5. The van der Waals surface area contributed by atoms with Gasteiger partial charge in [0, 0.05) is 23.9 Å². The lowest BCUT2D eigenvalue weighted by Crippen LogP contribution is -2.20. The average molecular weight is 278 g/mol. The molecule has 4 heteroatoms. The number of aromatic hydroxyl groups is 1. The molecule has 2 rings (SSSR count). The highest BCUT2D eigenvalue weighted by Crippen LogP contribution is 2.26. The highest BCUT2D eigenvalue weighted by Gasteiger charge is 2.14. The first kappa shape index (κ1) is 15.3. The molecule has 0 bridgehead atoms. The zero-order valence-electron chi connectivity index (χ0n) is 12.4. The van der Waals surface area contributed by atoms with Crippen LogP contribution in [-0.4, -0.2) is 21.7 Å². The number of hydrogen-bond acceptors (Lipinski definition) is 4. The van der Waals surface area contributed by atoms with E-state index in [9.17, 15) is 10.2 Å². The standard InChI is InChI=1S/C16H26N2O2/c1-12-16(20)15(14(11-19)9-18-12)10-17-8-7-13-5-3-2-4-6-13/h9,13,17,19-20H,2-8,10-11H2,1H3. The third-order valence-electron chi connectivity index (χ3n) is 4.36. The van der Waals surface area contributed by atoms with Crippen LogP contribution in [-0.2, 0) is 13.2 Å². The SMILES string of the molecule is Cc1ncc(CO)c(CNCCC2CCCCC2)c1O. The first-order chi connectivity index (χ1) is 9.72. The van der Waals surface area contributed by atoms with E-state index >= 15 is 0 Å². The van der Waals surface area contributed by atoms with Crippen LogP contribution in [0.15, 0.2) is 6.20 Å². The van der Waals surface area contributed by atoms with Crippen molar-refractivity contribution in [2.75, 3.05) is 6.54 Å². The molecule has 1 heterocycles. The summed E-state index contributed by atoms with van der Waals surface area (Å²) < 4.78 is 0. The topological polar surface area (TPSA) is 65.4 Å². The minimum atomic E-state index is -0.0829. The Kier molecular flexibility index (Phi) is 5.80. The minimum Gasteiger partial charge on any atom is -0.506 e. The molecule has 0 amide bonds. The van der Waals surface area contributed by atoms with E-state index < -0.39 is 0 Å². The Bertz CT molecular complexity index is 429. The van der Waals surface area contributed by atoms with E-state index in [1.165, 1.54) is 38.5 Å². The highest BCUT2D eigenvalue weighted by atomic mass is 16.3. The number of aliphatic hydroxyl groups is 1. The largest absolute Gasteiger partial charge is 0.506 e. The summed E-state index contributed by atoms with van der Waals surface area (Å²) in [5, 5.41) is 22.8. The first-order valence-corrected chi connectivity index (χ1v) is 7.70. The van der Waals surface area contributed by atoms with Crippen molar-refractivity contribution < 1.29 is 10.2 Å². The molecular weight excluding hydrogens is 252 g/mol. The van der Waals surface area contributed by atoms with Crippen LogP contribution >= 0.6 is 0 Å². The summed E-state index contributed by atoms with van der Waals surface area (Å²) in [4.78, 5) is 4.07. The fourth-order valence-corrected chi connectivity index (χ4v) is 3.01. The molecular formula is C16H26N2O2. The summed E-state index contributed by atoms with van der Waals surface area (Å²) in [6.45, 7) is 3.26. The van der Waals surface area contributed by atoms with Gasteiger partial charge in [0.2, 0.25) is 0 Å². The zero-order chi connectivity index (χ0) is 14.4. The number of pyridine rings is 1. The minimum absolute atomic E-state index is 0.0829. The number of aliphatic hydroxyl groups excluding tert-OH is 1. The molecule has 20 heavy (non-hydrogen) atoms. The number of nitrogens with zero attached hydrogens (tertiary/aromatic N) is 1. The maximum atomic E-state index is 10.0. The van der Waals surface area contributed by atoms with E-state index in [2.05, 4.69) is 10.3 Å². The van der Waals surface area contributed by atoms with E-state index in [0.717, 1.165) is 18.0 Å². The molecule has 1 fully saturated rings. The van der Waals surface area contributed by atoms with Gasteiger partial charge < -0.3 is 15.5 Å². The number of aromatic nitrogens is 1. The average Bonchev–Trinajstić information content (AvgIpc) is 2.49. The summed E-state index contributed by atoms with van der Waals surface area (Å²) >= 11 is 0. The molecule has 3 N–H and O–H groups in total. The van der Waals surface area contributed by atoms with Gasteiger partial charge in [-0.25, -0.2) is 0 Å². The van der Waals surface area contributed by atoms with Gasteiger partial charge >= 0.3 is 0 Å². The van der Waals surface area contributed by atoms with Crippen LogP contribution in [0.3, 0.4) is 0 Å². The first-order valence-electron chi connectivity index (χ1n) is 7.70. The van der Waals surface area contributed by atoms with Crippen LogP contribution in [0.4, 0.5) is 0 Å². The molecule has 0 aliphatic heterocycles. The number of nitrogens with one attached hydrogen (secondary N) is 1. The molecule has 1 aliphatic rings. The summed E-state index contributed by atoms with van der Waals surface area (Å²) in [6, 6.07) is 0. The van der Waals surface area contributed by atoms with Gasteiger partial charge in [0.15, 0.2) is 0 Å². The molecule has 112 valence electrons. The van der Waals surface area contributed by atoms with Gasteiger partial charge in [-0.2, -0.15) is 0 Å². The fourth-order valence-electron chi connectivity index (χ4n) is 3.01. The molecule has 0 radical (unpaired) electrons. The molecule has 1 aromatic heterocycles. The Morgan fingerprint density at radius 3 is 2.75 bits per heavy atom. The van der Waals surface area contributed by atoms with Crippen molar-refractivity contribution in [1.29, 1.82) is 0 Å². The van der Waals surface area contributed by atoms with Crippen molar-refractivity contribution in [3.63, 3.8) is 0 Å². The smallest absolute Gasteiger partial charge is 0.141 e. The fraction of sp³-hybridized carbons (Fsp3) is 0.688. The van der Waals surface area contributed by atoms with E-state index in [1.807, 2.05) is 0 Å². The van der Waals surface area contributed by atoms with Gasteiger partial charge in [-0.15, -0.1) is 0 Å². The molecule has 4 nitrogen and oxygen atoms in total. The highest BCUT2D eigenvalue weighted by molar-refractivity contribution is 5.40. The van der Waals surface area contributed by atoms with Gasteiger partial charge in [0.05, 0.1) is 12.3 Å². The summed E-state index contributed by atoms with van der Waals surface area (Å²) in [5.74, 6) is 1.07. The van der Waals surface area contributed by atoms with Gasteiger partial charge in [-0.3, -0.25) is 4.98 Å². The predicted octanol–water partition coefficient (Wildman–Crippen LogP) is 2.65. The molecule has 1 aromatic rings. The molecule has 0 atom stereocenters. The molecule has 0 saturated heterocycles. The molecule has 0 spiro atoms. The lowest BCUT2D eigenvalue weighted by atomic mass is 9.87. The van der Waals surface area contributed by atoms with Gasteiger partial charge in [0.1, 0.15) is 5.75 Å². The van der Waals surface area contributed by atoms with E-state index in [1.54, 1.807) is 13.1 Å². The van der Waals surface area contributed by atoms with Crippen molar-refractivity contribution in [1.82, 2.24) is 10.3 Å². The maximum Gasteiger partial charge on any atom is 0.141 e. The second-order valence-corrected chi connectivity index (χ2v) is 5.82. The number of rotatable bonds is 6. The van der Waals surface area contributed by atoms with Crippen LogP contribution in [0.2, 0.25) is 0 Å².